The molecule has 0 bridgehead atoms. The van der Waals surface area contributed by atoms with Crippen molar-refractivity contribution in [3.05, 3.63) is 72.8 Å². The molecule has 2 aromatic heterocycles. The lowest BCUT2D eigenvalue weighted by Gasteiger charge is -2.18. The van der Waals surface area contributed by atoms with E-state index in [1.54, 1.807) is 69.3 Å². The maximum absolute atomic E-state index is 11.8. The van der Waals surface area contributed by atoms with Gasteiger partial charge in [-0.3, -0.25) is 0 Å². The highest BCUT2D eigenvalue weighted by Crippen LogP contribution is 2.33. The first-order chi connectivity index (χ1) is 18.6. The Hall–Kier alpha value is -5.00. The minimum atomic E-state index is -1.15. The van der Waals surface area contributed by atoms with Crippen molar-refractivity contribution in [2.75, 3.05) is 11.5 Å². The molecule has 0 saturated carbocycles. The third kappa shape index (κ3) is 8.51. The van der Waals surface area contributed by atoms with Crippen molar-refractivity contribution in [2.24, 2.45) is 0 Å². The van der Waals surface area contributed by atoms with Gasteiger partial charge in [-0.25, -0.2) is 9.59 Å². The number of aromatic nitrogens is 4. The molecule has 0 aliphatic heterocycles. The van der Waals surface area contributed by atoms with Crippen molar-refractivity contribution in [1.29, 1.82) is 0 Å². The smallest absolute Gasteiger partial charge is 0.435 e. The zero-order chi connectivity index (χ0) is 29.7. The predicted molar refractivity (Wildman–Crippen MR) is 150 cm³/mol. The first-order valence-corrected chi connectivity index (χ1v) is 12.3. The SMILES string of the molecule is CC(C)(C)OC(=O)n1cc(Oc2ccc(N)cc2)cn1.CC(C)(C)c1nn(C(=O)O)cc1Oc1ccc(N)cc1. The van der Waals surface area contributed by atoms with Crippen molar-refractivity contribution >= 4 is 23.6 Å². The van der Waals surface area contributed by atoms with Gasteiger partial charge in [-0.2, -0.15) is 19.6 Å². The van der Waals surface area contributed by atoms with E-state index >= 15 is 0 Å². The standard InChI is InChI=1S/2C14H17N3O3/c1-14(2,3)20-13(18)17-9-12(8-16-17)19-11-6-4-10(15)5-7-11;1-14(2,3)12-11(8-17(16-12)13(18)19)20-10-6-4-9(15)5-7-10/h4-9H,15H2,1-3H3;4-8H,15H2,1-3H3,(H,18,19). The van der Waals surface area contributed by atoms with Crippen molar-refractivity contribution < 1.29 is 28.9 Å². The summed E-state index contributed by atoms with van der Waals surface area (Å²) >= 11 is 0. The molecule has 40 heavy (non-hydrogen) atoms. The van der Waals surface area contributed by atoms with Crippen LogP contribution in [0, 0.1) is 0 Å². The second kappa shape index (κ2) is 11.8. The van der Waals surface area contributed by atoms with E-state index in [0.717, 1.165) is 9.36 Å². The highest BCUT2D eigenvalue weighted by molar-refractivity contribution is 5.70. The van der Waals surface area contributed by atoms with Crippen LogP contribution in [0.5, 0.6) is 23.0 Å². The van der Waals surface area contributed by atoms with Crippen LogP contribution in [-0.2, 0) is 10.2 Å². The number of carboxylic acid groups (broad SMARTS) is 1. The van der Waals surface area contributed by atoms with Crippen molar-refractivity contribution in [1.82, 2.24) is 19.6 Å². The Labute approximate surface area is 232 Å². The van der Waals surface area contributed by atoms with Gasteiger partial charge in [0.25, 0.3) is 0 Å². The summed E-state index contributed by atoms with van der Waals surface area (Å²) in [6.07, 6.45) is 2.57. The predicted octanol–water partition coefficient (Wildman–Crippen LogP) is 6.12. The third-order valence-corrected chi connectivity index (χ3v) is 4.95. The van der Waals surface area contributed by atoms with E-state index in [2.05, 4.69) is 10.2 Å². The minimum Gasteiger partial charge on any atom is -0.463 e. The van der Waals surface area contributed by atoms with E-state index in [4.69, 9.17) is 30.8 Å². The number of rotatable bonds is 4. The first-order valence-electron chi connectivity index (χ1n) is 12.3. The Morgan fingerprint density at radius 1 is 0.775 bits per heavy atom. The molecule has 0 aliphatic carbocycles. The van der Waals surface area contributed by atoms with Crippen LogP contribution in [0.2, 0.25) is 0 Å². The van der Waals surface area contributed by atoms with Crippen LogP contribution in [-0.4, -0.2) is 42.5 Å². The summed E-state index contributed by atoms with van der Waals surface area (Å²) in [5, 5.41) is 17.0. The normalized spacial score (nSPS) is 11.2. The minimum absolute atomic E-state index is 0.330. The van der Waals surface area contributed by atoms with Crippen LogP contribution in [0.25, 0.3) is 0 Å². The lowest BCUT2D eigenvalue weighted by atomic mass is 9.92. The third-order valence-electron chi connectivity index (χ3n) is 4.95. The summed E-state index contributed by atoms with van der Waals surface area (Å²) in [6, 6.07) is 13.8. The number of nitrogens with two attached hydrogens (primary N) is 2. The molecule has 0 saturated heterocycles. The second-order valence-corrected chi connectivity index (χ2v) is 10.8. The van der Waals surface area contributed by atoms with Crippen molar-refractivity contribution in [3.63, 3.8) is 0 Å². The molecule has 5 N–H and O–H groups in total. The molecule has 4 aromatic rings. The molecule has 0 radical (unpaired) electrons. The van der Waals surface area contributed by atoms with Gasteiger partial charge in [0.1, 0.15) is 22.8 Å². The molecule has 0 atom stereocenters. The van der Waals surface area contributed by atoms with E-state index in [-0.39, 0.29) is 5.41 Å². The van der Waals surface area contributed by atoms with E-state index in [0.29, 0.717) is 40.1 Å². The molecule has 0 amide bonds. The maximum atomic E-state index is 11.8. The quantitative estimate of drug-likeness (QED) is 0.251. The molecule has 2 heterocycles. The van der Waals surface area contributed by atoms with Crippen LogP contribution >= 0.6 is 0 Å². The van der Waals surface area contributed by atoms with E-state index in [1.807, 2.05) is 20.8 Å². The van der Waals surface area contributed by atoms with Crippen molar-refractivity contribution in [3.8, 4) is 23.0 Å². The first kappa shape index (κ1) is 29.6. The summed E-state index contributed by atoms with van der Waals surface area (Å²) in [6.45, 7) is 11.2. The van der Waals surface area contributed by atoms with E-state index in [9.17, 15) is 9.59 Å². The maximum Gasteiger partial charge on any atom is 0.435 e. The Balaban J connectivity index is 0.000000220. The fraction of sp³-hybridized carbons (Fsp3) is 0.286. The van der Waals surface area contributed by atoms with E-state index in [1.165, 1.54) is 18.6 Å². The van der Waals surface area contributed by atoms with Crippen molar-refractivity contribution in [2.45, 2.75) is 52.6 Å². The molecular weight excluding hydrogens is 516 g/mol. The Morgan fingerprint density at radius 3 is 1.77 bits per heavy atom. The lowest BCUT2D eigenvalue weighted by molar-refractivity contribution is 0.0514. The average Bonchev–Trinajstić information content (AvgIpc) is 3.49. The van der Waals surface area contributed by atoms with Gasteiger partial charge >= 0.3 is 12.2 Å². The highest BCUT2D eigenvalue weighted by Gasteiger charge is 2.25. The molecular formula is C28H34N6O6. The zero-order valence-corrected chi connectivity index (χ0v) is 23.3. The average molecular weight is 551 g/mol. The molecule has 0 spiro atoms. The summed E-state index contributed by atoms with van der Waals surface area (Å²) in [5.41, 5.74) is 12.2. The zero-order valence-electron chi connectivity index (χ0n) is 23.3. The number of anilines is 2. The number of nitrogen functional groups attached to an aromatic ring is 2. The summed E-state index contributed by atoms with van der Waals surface area (Å²) in [5.74, 6) is 2.06. The highest BCUT2D eigenvalue weighted by atomic mass is 16.6. The Bertz CT molecular complexity index is 1440. The lowest BCUT2D eigenvalue weighted by Crippen LogP contribution is -2.27. The summed E-state index contributed by atoms with van der Waals surface area (Å²) in [4.78, 5) is 22.8. The number of carbonyl (C=O) groups is 2. The monoisotopic (exact) mass is 550 g/mol. The number of carbonyl (C=O) groups excluding carboxylic acids is 1. The molecule has 0 unspecified atom stereocenters. The van der Waals surface area contributed by atoms with Gasteiger partial charge in [-0.05, 0) is 69.3 Å². The second-order valence-electron chi connectivity index (χ2n) is 10.8. The van der Waals surface area contributed by atoms with Crippen LogP contribution in [0.15, 0.2) is 67.1 Å². The number of hydrogen-bond acceptors (Lipinski definition) is 9. The summed E-state index contributed by atoms with van der Waals surface area (Å²) in [7, 11) is 0. The molecule has 4 rings (SSSR count). The van der Waals surface area contributed by atoms with Crippen LogP contribution < -0.4 is 20.9 Å². The fourth-order valence-electron chi connectivity index (χ4n) is 3.15. The van der Waals surface area contributed by atoms with Gasteiger partial charge in [0.2, 0.25) is 0 Å². The number of nitrogens with zero attached hydrogens (tertiary/aromatic N) is 4. The van der Waals surface area contributed by atoms with E-state index < -0.39 is 17.8 Å². The van der Waals surface area contributed by atoms with Crippen LogP contribution in [0.4, 0.5) is 21.0 Å². The van der Waals surface area contributed by atoms with Gasteiger partial charge in [0.05, 0.1) is 18.6 Å². The summed E-state index contributed by atoms with van der Waals surface area (Å²) < 4.78 is 18.4. The molecule has 0 fully saturated rings. The number of benzene rings is 2. The van der Waals surface area contributed by atoms with Gasteiger partial charge in [0.15, 0.2) is 11.5 Å². The molecule has 212 valence electrons. The molecule has 0 aliphatic rings. The molecule has 12 nitrogen and oxygen atoms in total. The van der Waals surface area contributed by atoms with Gasteiger partial charge in [-0.1, -0.05) is 20.8 Å². The topological polar surface area (TPSA) is 170 Å². The Morgan fingerprint density at radius 2 is 1.30 bits per heavy atom. The van der Waals surface area contributed by atoms with Gasteiger partial charge in [-0.15, -0.1) is 0 Å². The van der Waals surface area contributed by atoms with Gasteiger partial charge < -0.3 is 30.8 Å². The number of hydrogen-bond donors (Lipinski definition) is 3. The number of ether oxygens (including phenoxy) is 3. The van der Waals surface area contributed by atoms with Crippen LogP contribution in [0.3, 0.4) is 0 Å². The molecule has 2 aromatic carbocycles. The van der Waals surface area contributed by atoms with Crippen LogP contribution in [0.1, 0.15) is 47.2 Å². The fourth-order valence-corrected chi connectivity index (χ4v) is 3.15. The Kier molecular flexibility index (Phi) is 8.72. The largest absolute Gasteiger partial charge is 0.463 e. The van der Waals surface area contributed by atoms with Gasteiger partial charge in [0, 0.05) is 16.8 Å². The molecule has 12 heteroatoms.